The maximum Gasteiger partial charge on any atom is 0.257 e. The predicted octanol–water partition coefficient (Wildman–Crippen LogP) is 3.16. The Labute approximate surface area is 127 Å². The van der Waals surface area contributed by atoms with Crippen LogP contribution in [-0.4, -0.2) is 29.9 Å². The highest BCUT2D eigenvalue weighted by atomic mass is 79.9. The summed E-state index contributed by atoms with van der Waals surface area (Å²) in [5.41, 5.74) is 2.45. The third kappa shape index (κ3) is 3.36. The van der Waals surface area contributed by atoms with E-state index < -0.39 is 0 Å². The van der Waals surface area contributed by atoms with Crippen molar-refractivity contribution in [3.8, 4) is 0 Å². The number of rotatable bonds is 4. The molecule has 20 heavy (non-hydrogen) atoms. The van der Waals surface area contributed by atoms with Crippen molar-refractivity contribution in [3.05, 3.63) is 58.3 Å². The van der Waals surface area contributed by atoms with Crippen molar-refractivity contribution in [2.75, 3.05) is 19.4 Å². The zero-order valence-corrected chi connectivity index (χ0v) is 13.0. The number of amides is 1. The summed E-state index contributed by atoms with van der Waals surface area (Å²) in [6, 6.07) is 9.72. The third-order valence-electron chi connectivity index (χ3n) is 3.00. The average molecular weight is 334 g/mol. The smallest absolute Gasteiger partial charge is 0.257 e. The van der Waals surface area contributed by atoms with Crippen molar-refractivity contribution in [3.63, 3.8) is 0 Å². The van der Waals surface area contributed by atoms with Crippen molar-refractivity contribution >= 4 is 27.5 Å². The monoisotopic (exact) mass is 333 g/mol. The van der Waals surface area contributed by atoms with Crippen LogP contribution in [0.5, 0.6) is 0 Å². The molecule has 1 heterocycles. The molecule has 1 aromatic carbocycles. The highest BCUT2D eigenvalue weighted by molar-refractivity contribution is 9.10. The van der Waals surface area contributed by atoms with Crippen LogP contribution in [0, 0.1) is 0 Å². The minimum Gasteiger partial charge on any atom is -0.387 e. The minimum absolute atomic E-state index is 0.0506. The number of pyridine rings is 1. The van der Waals surface area contributed by atoms with Crippen LogP contribution in [-0.2, 0) is 6.54 Å². The number of aromatic nitrogens is 1. The first-order valence-electron chi connectivity index (χ1n) is 6.23. The Bertz CT molecular complexity index is 598. The van der Waals surface area contributed by atoms with E-state index in [0.29, 0.717) is 12.1 Å². The molecular weight excluding hydrogens is 318 g/mol. The van der Waals surface area contributed by atoms with Crippen molar-refractivity contribution < 1.29 is 4.79 Å². The third-order valence-corrected chi connectivity index (χ3v) is 3.53. The van der Waals surface area contributed by atoms with Crippen LogP contribution in [0.25, 0.3) is 0 Å². The first kappa shape index (κ1) is 14.5. The first-order chi connectivity index (χ1) is 9.61. The van der Waals surface area contributed by atoms with Gasteiger partial charge in [0.2, 0.25) is 0 Å². The van der Waals surface area contributed by atoms with Crippen LogP contribution in [0.1, 0.15) is 15.9 Å². The first-order valence-corrected chi connectivity index (χ1v) is 7.03. The van der Waals surface area contributed by atoms with E-state index in [1.807, 2.05) is 24.3 Å². The summed E-state index contributed by atoms with van der Waals surface area (Å²) in [7, 11) is 3.58. The van der Waals surface area contributed by atoms with Gasteiger partial charge in [0.05, 0.1) is 5.56 Å². The Kier molecular flexibility index (Phi) is 4.74. The molecule has 0 spiro atoms. The quantitative estimate of drug-likeness (QED) is 0.934. The SMILES string of the molecule is CNc1ccncc1C(=O)N(C)Cc1ccc(Br)cc1. The maximum atomic E-state index is 12.4. The van der Waals surface area contributed by atoms with Gasteiger partial charge in [-0.25, -0.2) is 0 Å². The molecule has 104 valence electrons. The molecule has 0 atom stereocenters. The molecule has 0 aliphatic heterocycles. The molecule has 0 aliphatic carbocycles. The lowest BCUT2D eigenvalue weighted by Crippen LogP contribution is -2.27. The van der Waals surface area contributed by atoms with Gasteiger partial charge in [0.25, 0.3) is 5.91 Å². The molecule has 0 saturated heterocycles. The molecule has 5 heteroatoms. The van der Waals surface area contributed by atoms with E-state index in [-0.39, 0.29) is 5.91 Å². The molecule has 0 bridgehead atoms. The molecule has 0 aliphatic rings. The van der Waals surface area contributed by atoms with E-state index in [0.717, 1.165) is 15.7 Å². The van der Waals surface area contributed by atoms with Gasteiger partial charge in [-0.3, -0.25) is 9.78 Å². The summed E-state index contributed by atoms with van der Waals surface area (Å²) >= 11 is 3.40. The summed E-state index contributed by atoms with van der Waals surface area (Å²) in [6.07, 6.45) is 3.25. The summed E-state index contributed by atoms with van der Waals surface area (Å²) in [4.78, 5) is 18.1. The second-order valence-electron chi connectivity index (χ2n) is 4.46. The summed E-state index contributed by atoms with van der Waals surface area (Å²) in [6.45, 7) is 0.560. The van der Waals surface area contributed by atoms with Gasteiger partial charge in [-0.05, 0) is 23.8 Å². The number of hydrogen-bond acceptors (Lipinski definition) is 3. The number of nitrogens with zero attached hydrogens (tertiary/aromatic N) is 2. The standard InChI is InChI=1S/C15H16BrN3O/c1-17-14-7-8-18-9-13(14)15(20)19(2)10-11-3-5-12(16)6-4-11/h3-9H,10H2,1-2H3,(H,17,18). The number of halogens is 1. The van der Waals surface area contributed by atoms with E-state index >= 15 is 0 Å². The van der Waals surface area contributed by atoms with E-state index in [4.69, 9.17) is 0 Å². The van der Waals surface area contributed by atoms with Gasteiger partial charge in [-0.1, -0.05) is 28.1 Å². The fourth-order valence-corrected chi connectivity index (χ4v) is 2.19. The molecular formula is C15H16BrN3O. The zero-order chi connectivity index (χ0) is 14.5. The van der Waals surface area contributed by atoms with Crippen LogP contribution < -0.4 is 5.32 Å². The van der Waals surface area contributed by atoms with Crippen LogP contribution in [0.3, 0.4) is 0 Å². The van der Waals surface area contributed by atoms with E-state index in [1.165, 1.54) is 0 Å². The molecule has 1 N–H and O–H groups in total. The molecule has 1 aromatic heterocycles. The molecule has 2 rings (SSSR count). The summed E-state index contributed by atoms with van der Waals surface area (Å²) < 4.78 is 1.03. The number of carbonyl (C=O) groups is 1. The van der Waals surface area contributed by atoms with Crippen molar-refractivity contribution in [1.82, 2.24) is 9.88 Å². The van der Waals surface area contributed by atoms with Crippen LogP contribution in [0.4, 0.5) is 5.69 Å². The number of carbonyl (C=O) groups excluding carboxylic acids is 1. The number of benzene rings is 1. The minimum atomic E-state index is -0.0506. The Morgan fingerprint density at radius 1 is 1.30 bits per heavy atom. The fraction of sp³-hybridized carbons (Fsp3) is 0.200. The molecule has 1 amide bonds. The van der Waals surface area contributed by atoms with Gasteiger partial charge in [-0.2, -0.15) is 0 Å². The fourth-order valence-electron chi connectivity index (χ4n) is 1.92. The molecule has 0 saturated carbocycles. The topological polar surface area (TPSA) is 45.2 Å². The van der Waals surface area contributed by atoms with E-state index in [9.17, 15) is 4.79 Å². The van der Waals surface area contributed by atoms with Crippen molar-refractivity contribution in [2.45, 2.75) is 6.54 Å². The number of nitrogens with one attached hydrogen (secondary N) is 1. The second-order valence-corrected chi connectivity index (χ2v) is 5.37. The molecule has 0 radical (unpaired) electrons. The van der Waals surface area contributed by atoms with Gasteiger partial charge < -0.3 is 10.2 Å². The van der Waals surface area contributed by atoms with Gasteiger partial charge in [0.15, 0.2) is 0 Å². The van der Waals surface area contributed by atoms with Crippen LogP contribution in [0.15, 0.2) is 47.2 Å². The average Bonchev–Trinajstić information content (AvgIpc) is 2.48. The largest absolute Gasteiger partial charge is 0.387 e. The Morgan fingerprint density at radius 3 is 2.65 bits per heavy atom. The van der Waals surface area contributed by atoms with Gasteiger partial charge in [0, 0.05) is 43.2 Å². The van der Waals surface area contributed by atoms with Gasteiger partial charge in [0.1, 0.15) is 0 Å². The lowest BCUT2D eigenvalue weighted by atomic mass is 10.1. The van der Waals surface area contributed by atoms with Crippen LogP contribution >= 0.6 is 15.9 Å². The van der Waals surface area contributed by atoms with Gasteiger partial charge >= 0.3 is 0 Å². The normalized spacial score (nSPS) is 10.2. The van der Waals surface area contributed by atoms with Crippen molar-refractivity contribution in [2.24, 2.45) is 0 Å². The highest BCUT2D eigenvalue weighted by Gasteiger charge is 2.15. The highest BCUT2D eigenvalue weighted by Crippen LogP contribution is 2.17. The van der Waals surface area contributed by atoms with E-state index in [1.54, 1.807) is 37.5 Å². The van der Waals surface area contributed by atoms with E-state index in [2.05, 4.69) is 26.2 Å². The Balaban J connectivity index is 2.14. The molecule has 0 fully saturated rings. The lowest BCUT2D eigenvalue weighted by molar-refractivity contribution is 0.0785. The lowest BCUT2D eigenvalue weighted by Gasteiger charge is -2.18. The Morgan fingerprint density at radius 2 is 2.00 bits per heavy atom. The second kappa shape index (κ2) is 6.52. The molecule has 0 unspecified atom stereocenters. The summed E-state index contributed by atoms with van der Waals surface area (Å²) in [5.74, 6) is -0.0506. The number of anilines is 1. The van der Waals surface area contributed by atoms with Crippen molar-refractivity contribution in [1.29, 1.82) is 0 Å². The molecule has 4 nitrogen and oxygen atoms in total. The Hall–Kier alpha value is -1.88. The zero-order valence-electron chi connectivity index (χ0n) is 11.4. The predicted molar refractivity (Wildman–Crippen MR) is 83.7 cm³/mol. The van der Waals surface area contributed by atoms with Gasteiger partial charge in [-0.15, -0.1) is 0 Å². The maximum absolute atomic E-state index is 12.4. The summed E-state index contributed by atoms with van der Waals surface area (Å²) in [5, 5.41) is 3.01. The number of hydrogen-bond donors (Lipinski definition) is 1. The van der Waals surface area contributed by atoms with Crippen LogP contribution in [0.2, 0.25) is 0 Å². The molecule has 2 aromatic rings.